The van der Waals surface area contributed by atoms with Crippen molar-refractivity contribution in [2.45, 2.75) is 6.61 Å². The van der Waals surface area contributed by atoms with Gasteiger partial charge in [0, 0.05) is 5.56 Å². The summed E-state index contributed by atoms with van der Waals surface area (Å²) in [5, 5.41) is 8.99. The van der Waals surface area contributed by atoms with Crippen LogP contribution in [0, 0.1) is 0 Å². The highest BCUT2D eigenvalue weighted by molar-refractivity contribution is 6.31. The Kier molecular flexibility index (Phi) is 3.41. The van der Waals surface area contributed by atoms with E-state index in [-0.39, 0.29) is 17.5 Å². The van der Waals surface area contributed by atoms with E-state index >= 15 is 0 Å². The third-order valence-corrected chi connectivity index (χ3v) is 2.45. The van der Waals surface area contributed by atoms with Crippen molar-refractivity contribution in [1.29, 1.82) is 0 Å². The van der Waals surface area contributed by atoms with Crippen molar-refractivity contribution >= 4 is 11.6 Å². The molecule has 17 heavy (non-hydrogen) atoms. The van der Waals surface area contributed by atoms with Crippen LogP contribution in [-0.4, -0.2) is 15.1 Å². The van der Waals surface area contributed by atoms with Gasteiger partial charge < -0.3 is 14.8 Å². The van der Waals surface area contributed by atoms with Crippen molar-refractivity contribution in [2.75, 3.05) is 0 Å². The van der Waals surface area contributed by atoms with E-state index in [0.717, 1.165) is 0 Å². The van der Waals surface area contributed by atoms with E-state index in [1.54, 1.807) is 24.3 Å². The number of aliphatic hydroxyl groups is 1. The molecule has 0 saturated carbocycles. The van der Waals surface area contributed by atoms with Crippen LogP contribution < -0.4 is 10.3 Å². The second kappa shape index (κ2) is 4.99. The molecular weight excluding hydrogens is 244 g/mol. The Balaban J connectivity index is 2.38. The molecule has 0 aliphatic carbocycles. The van der Waals surface area contributed by atoms with Gasteiger partial charge in [-0.25, -0.2) is 4.98 Å². The second-order valence-electron chi connectivity index (χ2n) is 3.22. The van der Waals surface area contributed by atoms with Crippen molar-refractivity contribution in [1.82, 2.24) is 9.97 Å². The van der Waals surface area contributed by atoms with Crippen molar-refractivity contribution in [3.63, 3.8) is 0 Å². The molecule has 0 fully saturated rings. The van der Waals surface area contributed by atoms with Crippen LogP contribution >= 0.6 is 11.6 Å². The average Bonchev–Trinajstić information content (AvgIpc) is 2.35. The Morgan fingerprint density at radius 2 is 2.18 bits per heavy atom. The summed E-state index contributed by atoms with van der Waals surface area (Å²) in [5.41, 5.74) is 0.115. The molecule has 2 rings (SSSR count). The summed E-state index contributed by atoms with van der Waals surface area (Å²) in [4.78, 5) is 17.4. The molecule has 0 amide bonds. The zero-order chi connectivity index (χ0) is 12.3. The highest BCUT2D eigenvalue weighted by Gasteiger charge is 2.10. The Bertz CT molecular complexity index is 583. The van der Waals surface area contributed by atoms with Crippen molar-refractivity contribution in [3.8, 4) is 11.6 Å². The Morgan fingerprint density at radius 3 is 2.94 bits per heavy atom. The molecule has 0 unspecified atom stereocenters. The fraction of sp³-hybridized carbons (Fsp3) is 0.0909. The monoisotopic (exact) mass is 252 g/mol. The van der Waals surface area contributed by atoms with Crippen LogP contribution in [0.2, 0.25) is 5.02 Å². The zero-order valence-electron chi connectivity index (χ0n) is 8.68. The highest BCUT2D eigenvalue weighted by Crippen LogP contribution is 2.26. The molecule has 2 aromatic rings. The SMILES string of the molecule is O=c1[nH]cnc(Oc2ccccc2CO)c1Cl. The standard InChI is InChI=1S/C11H9ClN2O3/c12-9-10(16)13-6-14-11(9)17-8-4-2-1-3-7(8)5-15/h1-4,6,15H,5H2,(H,13,14,16). The van der Waals surface area contributed by atoms with E-state index in [0.29, 0.717) is 11.3 Å². The number of nitrogens with zero attached hydrogens (tertiary/aromatic N) is 1. The summed E-state index contributed by atoms with van der Waals surface area (Å²) in [6.07, 6.45) is 1.20. The molecular formula is C11H9ClN2O3. The molecule has 88 valence electrons. The molecule has 0 bridgehead atoms. The number of benzene rings is 1. The molecule has 1 heterocycles. The Labute approximate surface area is 102 Å². The van der Waals surface area contributed by atoms with Crippen LogP contribution in [0.5, 0.6) is 11.6 Å². The van der Waals surface area contributed by atoms with Gasteiger partial charge in [0.05, 0.1) is 12.9 Å². The predicted molar refractivity (Wildman–Crippen MR) is 62.3 cm³/mol. The van der Waals surface area contributed by atoms with Crippen LogP contribution in [0.3, 0.4) is 0 Å². The van der Waals surface area contributed by atoms with Crippen molar-refractivity contribution < 1.29 is 9.84 Å². The lowest BCUT2D eigenvalue weighted by atomic mass is 10.2. The van der Waals surface area contributed by atoms with Crippen molar-refractivity contribution in [3.05, 3.63) is 51.5 Å². The van der Waals surface area contributed by atoms with Crippen molar-refractivity contribution in [2.24, 2.45) is 0 Å². The van der Waals surface area contributed by atoms with E-state index < -0.39 is 5.56 Å². The van der Waals surface area contributed by atoms with Crippen LogP contribution in [0.4, 0.5) is 0 Å². The Morgan fingerprint density at radius 1 is 1.41 bits per heavy atom. The molecule has 1 aromatic heterocycles. The average molecular weight is 253 g/mol. The number of hydrogen-bond acceptors (Lipinski definition) is 4. The minimum atomic E-state index is -0.474. The number of ether oxygens (including phenoxy) is 1. The first kappa shape index (κ1) is 11.6. The third-order valence-electron chi connectivity index (χ3n) is 2.11. The molecule has 0 radical (unpaired) electrons. The molecule has 5 nitrogen and oxygen atoms in total. The lowest BCUT2D eigenvalue weighted by Crippen LogP contribution is -2.08. The number of aromatic amines is 1. The van der Waals surface area contributed by atoms with E-state index in [9.17, 15) is 4.79 Å². The fourth-order valence-corrected chi connectivity index (χ4v) is 1.42. The number of H-pyrrole nitrogens is 1. The number of aromatic nitrogens is 2. The molecule has 0 atom stereocenters. The number of hydrogen-bond donors (Lipinski definition) is 2. The summed E-state index contributed by atoms with van der Waals surface area (Å²) in [5.74, 6) is 0.423. The lowest BCUT2D eigenvalue weighted by molar-refractivity contribution is 0.276. The Hall–Kier alpha value is -1.85. The maximum atomic E-state index is 11.2. The van der Waals surface area contributed by atoms with Gasteiger partial charge in [-0.3, -0.25) is 4.79 Å². The second-order valence-corrected chi connectivity index (χ2v) is 3.60. The summed E-state index contributed by atoms with van der Waals surface area (Å²) in [6.45, 7) is -0.170. The van der Waals surface area contributed by atoms with Gasteiger partial charge in [-0.2, -0.15) is 0 Å². The van der Waals surface area contributed by atoms with Gasteiger partial charge in [0.15, 0.2) is 5.02 Å². The third kappa shape index (κ3) is 2.46. The van der Waals surface area contributed by atoms with Crippen LogP contribution in [-0.2, 0) is 6.61 Å². The molecule has 0 aliphatic heterocycles. The largest absolute Gasteiger partial charge is 0.437 e. The van der Waals surface area contributed by atoms with E-state index in [1.165, 1.54) is 6.33 Å². The van der Waals surface area contributed by atoms with Gasteiger partial charge in [0.1, 0.15) is 5.75 Å². The molecule has 2 N–H and O–H groups in total. The topological polar surface area (TPSA) is 75.2 Å². The number of rotatable bonds is 3. The summed E-state index contributed by atoms with van der Waals surface area (Å²) in [6, 6.07) is 6.88. The maximum absolute atomic E-state index is 11.2. The van der Waals surface area contributed by atoms with Gasteiger partial charge >= 0.3 is 0 Å². The van der Waals surface area contributed by atoms with Crippen LogP contribution in [0.1, 0.15) is 5.56 Å². The quantitative estimate of drug-likeness (QED) is 0.872. The van der Waals surface area contributed by atoms with Gasteiger partial charge in [0.2, 0.25) is 5.88 Å². The maximum Gasteiger partial charge on any atom is 0.273 e. The molecule has 1 aromatic carbocycles. The molecule has 0 saturated heterocycles. The number of para-hydroxylation sites is 1. The van der Waals surface area contributed by atoms with E-state index in [1.807, 2.05) is 0 Å². The van der Waals surface area contributed by atoms with Crippen LogP contribution in [0.25, 0.3) is 0 Å². The number of halogens is 1. The fourth-order valence-electron chi connectivity index (χ4n) is 1.28. The van der Waals surface area contributed by atoms with Gasteiger partial charge in [-0.05, 0) is 6.07 Å². The first-order valence-corrected chi connectivity index (χ1v) is 5.20. The predicted octanol–water partition coefficient (Wildman–Crippen LogP) is 1.71. The van der Waals surface area contributed by atoms with E-state index in [2.05, 4.69) is 9.97 Å². The summed E-state index contributed by atoms with van der Waals surface area (Å²) in [7, 11) is 0. The normalized spacial score (nSPS) is 10.2. The zero-order valence-corrected chi connectivity index (χ0v) is 9.44. The van der Waals surface area contributed by atoms with Gasteiger partial charge in [-0.1, -0.05) is 29.8 Å². The first-order chi connectivity index (χ1) is 8.22. The summed E-state index contributed by atoms with van der Waals surface area (Å²) < 4.78 is 5.39. The molecule has 0 spiro atoms. The minimum absolute atomic E-state index is 0.0105. The highest BCUT2D eigenvalue weighted by atomic mass is 35.5. The smallest absolute Gasteiger partial charge is 0.273 e. The number of aliphatic hydroxyl groups excluding tert-OH is 1. The molecule has 6 heteroatoms. The first-order valence-electron chi connectivity index (χ1n) is 4.82. The molecule has 0 aliphatic rings. The number of nitrogens with one attached hydrogen (secondary N) is 1. The lowest BCUT2D eigenvalue weighted by Gasteiger charge is -2.08. The van der Waals surface area contributed by atoms with Crippen LogP contribution in [0.15, 0.2) is 35.4 Å². The minimum Gasteiger partial charge on any atom is -0.437 e. The summed E-state index contributed by atoms with van der Waals surface area (Å²) >= 11 is 5.74. The van der Waals surface area contributed by atoms with Gasteiger partial charge in [-0.15, -0.1) is 0 Å². The van der Waals surface area contributed by atoms with E-state index in [4.69, 9.17) is 21.4 Å². The van der Waals surface area contributed by atoms with Gasteiger partial charge in [0.25, 0.3) is 5.56 Å².